The van der Waals surface area contributed by atoms with E-state index in [1.165, 1.54) is 6.42 Å². The van der Waals surface area contributed by atoms with Crippen LogP contribution in [0, 0.1) is 16.7 Å². The number of hydrogen-bond donors (Lipinski definition) is 1. The van der Waals surface area contributed by atoms with Crippen LogP contribution in [0.1, 0.15) is 69.7 Å². The van der Waals surface area contributed by atoms with Gasteiger partial charge in [-0.25, -0.2) is 0 Å². The van der Waals surface area contributed by atoms with E-state index in [0.29, 0.717) is 11.5 Å². The summed E-state index contributed by atoms with van der Waals surface area (Å²) in [5, 5.41) is 0. The van der Waals surface area contributed by atoms with Gasteiger partial charge in [0.25, 0.3) is 5.91 Å². The van der Waals surface area contributed by atoms with E-state index >= 15 is 0 Å². The molecule has 152 valence electrons. The smallest absolute Gasteiger partial charge is 0.254 e. The molecule has 3 aliphatic rings. The molecule has 1 saturated heterocycles. The fourth-order valence-electron chi connectivity index (χ4n) is 5.80. The van der Waals surface area contributed by atoms with E-state index in [4.69, 9.17) is 10.5 Å². The Morgan fingerprint density at radius 2 is 1.71 bits per heavy atom. The topological polar surface area (TPSA) is 72.6 Å². The molecule has 2 amide bonds. The Labute approximate surface area is 167 Å². The summed E-state index contributed by atoms with van der Waals surface area (Å²) in [4.78, 5) is 26.3. The quantitative estimate of drug-likeness (QED) is 0.859. The second kappa shape index (κ2) is 6.78. The molecule has 0 aromatic heterocycles. The number of nitrogens with zero attached hydrogens (tertiary/aromatic N) is 1. The first-order valence-electron chi connectivity index (χ1n) is 10.5. The highest BCUT2D eigenvalue weighted by Gasteiger charge is 2.59. The van der Waals surface area contributed by atoms with E-state index in [9.17, 15) is 9.59 Å². The second-order valence-corrected chi connectivity index (χ2v) is 10.2. The van der Waals surface area contributed by atoms with E-state index in [0.717, 1.165) is 50.0 Å². The van der Waals surface area contributed by atoms with Crippen LogP contribution in [0.4, 0.5) is 0 Å². The lowest BCUT2D eigenvalue weighted by atomic mass is 9.74. The first-order chi connectivity index (χ1) is 13.2. The van der Waals surface area contributed by atoms with Gasteiger partial charge in [0.05, 0.1) is 6.10 Å². The van der Waals surface area contributed by atoms with Crippen molar-refractivity contribution in [3.8, 4) is 5.75 Å². The Bertz CT molecular complexity index is 765. The van der Waals surface area contributed by atoms with Gasteiger partial charge in [-0.3, -0.25) is 9.59 Å². The molecular formula is C23H32N2O3. The van der Waals surface area contributed by atoms with Crippen molar-refractivity contribution >= 4 is 11.8 Å². The van der Waals surface area contributed by atoms with Crippen LogP contribution in [0.25, 0.3) is 0 Å². The average molecular weight is 385 g/mol. The van der Waals surface area contributed by atoms with Gasteiger partial charge < -0.3 is 15.4 Å². The first-order valence-corrected chi connectivity index (χ1v) is 10.5. The molecule has 28 heavy (non-hydrogen) atoms. The zero-order valence-corrected chi connectivity index (χ0v) is 17.2. The SMILES string of the molecule is CC1(C)CC2N(C(=O)c3ccc(OC4CCC(C(N)=O)CC4)cc3)CC2(C)C1. The largest absolute Gasteiger partial charge is 0.490 e. The highest BCUT2D eigenvalue weighted by Crippen LogP contribution is 2.57. The lowest BCUT2D eigenvalue weighted by Gasteiger charge is -2.52. The number of nitrogens with two attached hydrogens (primary N) is 1. The normalized spacial score (nSPS) is 33.7. The Balaban J connectivity index is 1.34. The van der Waals surface area contributed by atoms with Gasteiger partial charge in [0.15, 0.2) is 0 Å². The van der Waals surface area contributed by atoms with Crippen molar-refractivity contribution in [1.82, 2.24) is 4.90 Å². The molecule has 3 fully saturated rings. The Hall–Kier alpha value is -2.04. The number of fused-ring (bicyclic) bond motifs is 1. The second-order valence-electron chi connectivity index (χ2n) is 10.2. The Morgan fingerprint density at radius 1 is 1.07 bits per heavy atom. The minimum Gasteiger partial charge on any atom is -0.490 e. The predicted molar refractivity (Wildman–Crippen MR) is 108 cm³/mol. The number of rotatable bonds is 4. The van der Waals surface area contributed by atoms with Crippen LogP contribution in [0.2, 0.25) is 0 Å². The van der Waals surface area contributed by atoms with Crippen LogP contribution in [-0.4, -0.2) is 35.4 Å². The van der Waals surface area contributed by atoms with E-state index in [1.807, 2.05) is 24.3 Å². The minimum absolute atomic E-state index is 0.0115. The van der Waals surface area contributed by atoms with Crippen LogP contribution in [0.15, 0.2) is 24.3 Å². The molecule has 2 unspecified atom stereocenters. The summed E-state index contributed by atoms with van der Waals surface area (Å²) < 4.78 is 6.05. The lowest BCUT2D eigenvalue weighted by Crippen LogP contribution is -2.62. The molecule has 2 N–H and O–H groups in total. The van der Waals surface area contributed by atoms with Crippen molar-refractivity contribution in [2.75, 3.05) is 6.54 Å². The van der Waals surface area contributed by atoms with E-state index < -0.39 is 0 Å². The van der Waals surface area contributed by atoms with Crippen molar-refractivity contribution in [3.63, 3.8) is 0 Å². The fraction of sp³-hybridized carbons (Fsp3) is 0.652. The highest BCUT2D eigenvalue weighted by molar-refractivity contribution is 5.95. The molecule has 2 atom stereocenters. The van der Waals surface area contributed by atoms with E-state index in [1.54, 1.807) is 0 Å². The van der Waals surface area contributed by atoms with E-state index in [-0.39, 0.29) is 29.3 Å². The maximum atomic E-state index is 13.0. The van der Waals surface area contributed by atoms with Gasteiger partial charge in [-0.15, -0.1) is 0 Å². The summed E-state index contributed by atoms with van der Waals surface area (Å²) >= 11 is 0. The number of amides is 2. The minimum atomic E-state index is -0.200. The number of carbonyl (C=O) groups excluding carboxylic acids is 2. The van der Waals surface area contributed by atoms with Crippen LogP contribution >= 0.6 is 0 Å². The van der Waals surface area contributed by atoms with Crippen LogP contribution in [0.5, 0.6) is 5.75 Å². The highest BCUT2D eigenvalue weighted by atomic mass is 16.5. The zero-order chi connectivity index (χ0) is 20.1. The maximum absolute atomic E-state index is 13.0. The van der Waals surface area contributed by atoms with Crippen molar-refractivity contribution in [1.29, 1.82) is 0 Å². The molecule has 4 rings (SSSR count). The standard InChI is InChI=1S/C23H32N2O3/c1-22(2)12-19-23(3,13-22)14-25(19)21(27)16-6-10-18(11-7-16)28-17-8-4-15(5-9-17)20(24)26/h6-7,10-11,15,17,19H,4-5,8-9,12-14H2,1-3H3,(H2,24,26). The third kappa shape index (κ3) is 3.51. The monoisotopic (exact) mass is 384 g/mol. The average Bonchev–Trinajstić information content (AvgIpc) is 2.82. The number of benzene rings is 1. The number of ether oxygens (including phenoxy) is 1. The molecule has 1 aromatic carbocycles. The van der Waals surface area contributed by atoms with Gasteiger partial charge in [-0.2, -0.15) is 0 Å². The molecule has 0 radical (unpaired) electrons. The first kappa shape index (κ1) is 19.3. The lowest BCUT2D eigenvalue weighted by molar-refractivity contribution is -0.123. The Morgan fingerprint density at radius 3 is 2.29 bits per heavy atom. The summed E-state index contributed by atoms with van der Waals surface area (Å²) in [6, 6.07) is 7.91. The summed E-state index contributed by atoms with van der Waals surface area (Å²) in [6.45, 7) is 7.80. The number of primary amides is 1. The third-order valence-corrected chi connectivity index (χ3v) is 7.08. The van der Waals surface area contributed by atoms with Gasteiger partial charge in [0.2, 0.25) is 5.91 Å². The third-order valence-electron chi connectivity index (χ3n) is 7.08. The van der Waals surface area contributed by atoms with Gasteiger partial charge in [-0.05, 0) is 68.2 Å². The molecule has 0 bridgehead atoms. The zero-order valence-electron chi connectivity index (χ0n) is 17.2. The van der Waals surface area contributed by atoms with Crippen LogP contribution in [0.3, 0.4) is 0 Å². The number of hydrogen-bond acceptors (Lipinski definition) is 3. The molecule has 1 aliphatic heterocycles. The van der Waals surface area contributed by atoms with Crippen molar-refractivity contribution in [3.05, 3.63) is 29.8 Å². The molecule has 2 saturated carbocycles. The number of likely N-dealkylation sites (tertiary alicyclic amines) is 1. The molecule has 1 aromatic rings. The van der Waals surface area contributed by atoms with Gasteiger partial charge in [0.1, 0.15) is 5.75 Å². The molecule has 1 heterocycles. The molecule has 5 heteroatoms. The van der Waals surface area contributed by atoms with Gasteiger partial charge in [0, 0.05) is 29.5 Å². The molecule has 2 aliphatic carbocycles. The summed E-state index contributed by atoms with van der Waals surface area (Å²) in [5.74, 6) is 0.708. The van der Waals surface area contributed by atoms with Crippen LogP contribution in [-0.2, 0) is 4.79 Å². The van der Waals surface area contributed by atoms with Crippen LogP contribution < -0.4 is 10.5 Å². The molecule has 0 spiro atoms. The summed E-state index contributed by atoms with van der Waals surface area (Å²) in [7, 11) is 0. The van der Waals surface area contributed by atoms with Gasteiger partial charge >= 0.3 is 0 Å². The number of carbonyl (C=O) groups is 2. The molecule has 5 nitrogen and oxygen atoms in total. The van der Waals surface area contributed by atoms with Crippen molar-refractivity contribution in [2.24, 2.45) is 22.5 Å². The summed E-state index contributed by atoms with van der Waals surface area (Å²) in [5.41, 5.74) is 6.73. The van der Waals surface area contributed by atoms with E-state index in [2.05, 4.69) is 25.7 Å². The predicted octanol–water partition coefficient (Wildman–Crippen LogP) is 3.76. The maximum Gasteiger partial charge on any atom is 0.254 e. The van der Waals surface area contributed by atoms with Crippen molar-refractivity contribution in [2.45, 2.75) is 71.4 Å². The summed E-state index contributed by atoms with van der Waals surface area (Å²) in [6.07, 6.45) is 5.68. The Kier molecular flexibility index (Phi) is 4.67. The molecular weight excluding hydrogens is 352 g/mol. The van der Waals surface area contributed by atoms with Gasteiger partial charge in [-0.1, -0.05) is 20.8 Å². The van der Waals surface area contributed by atoms with Crippen molar-refractivity contribution < 1.29 is 14.3 Å². The fourth-order valence-corrected chi connectivity index (χ4v) is 5.80.